The number of hydrogen-bond acceptors (Lipinski definition) is 6. The van der Waals surface area contributed by atoms with E-state index in [4.69, 9.17) is 0 Å². The molecule has 0 radical (unpaired) electrons. The van der Waals surface area contributed by atoms with Crippen molar-refractivity contribution in [2.45, 2.75) is 18.2 Å². The van der Waals surface area contributed by atoms with E-state index in [0.717, 1.165) is 11.3 Å². The number of nitrogens with one attached hydrogen (secondary N) is 1. The van der Waals surface area contributed by atoms with E-state index in [-0.39, 0.29) is 22.8 Å². The summed E-state index contributed by atoms with van der Waals surface area (Å²) < 4.78 is 22.9. The summed E-state index contributed by atoms with van der Waals surface area (Å²) in [5, 5.41) is 5.07. The number of aliphatic imine (C=N–C) groups is 1. The van der Waals surface area contributed by atoms with Crippen LogP contribution in [0.3, 0.4) is 0 Å². The van der Waals surface area contributed by atoms with Crippen molar-refractivity contribution in [3.05, 3.63) is 35.9 Å². The van der Waals surface area contributed by atoms with Crippen LogP contribution in [0.5, 0.6) is 0 Å². The monoisotopic (exact) mass is 309 g/mol. The molecule has 1 fully saturated rings. The van der Waals surface area contributed by atoms with Gasteiger partial charge in [0, 0.05) is 5.25 Å². The summed E-state index contributed by atoms with van der Waals surface area (Å²) in [4.78, 5) is 4.39. The van der Waals surface area contributed by atoms with Crippen LogP contribution >= 0.6 is 11.8 Å². The number of fused-ring (bicyclic) bond motifs is 1. The molecule has 0 saturated carbocycles. The van der Waals surface area contributed by atoms with E-state index in [1.54, 1.807) is 0 Å². The zero-order chi connectivity index (χ0) is 14.2. The summed E-state index contributed by atoms with van der Waals surface area (Å²) in [6, 6.07) is 9.76. The number of sulfone groups is 1. The van der Waals surface area contributed by atoms with Crippen LogP contribution in [0.1, 0.15) is 12.5 Å². The fourth-order valence-corrected chi connectivity index (χ4v) is 5.88. The average molecular weight is 309 g/mol. The molecule has 2 aliphatic heterocycles. The number of thioether (sulfide) groups is 1. The Morgan fingerprint density at radius 2 is 2.10 bits per heavy atom. The molecule has 2 atom stereocenters. The summed E-state index contributed by atoms with van der Waals surface area (Å²) in [6.07, 6.45) is 0. The number of nitrogens with zero attached hydrogens (tertiary/aromatic N) is 2. The third-order valence-electron chi connectivity index (χ3n) is 3.33. The number of hydrogen-bond donors (Lipinski definition) is 1. The van der Waals surface area contributed by atoms with Crippen LogP contribution in [0.25, 0.3) is 0 Å². The molecule has 2 heterocycles. The maximum atomic E-state index is 11.5. The van der Waals surface area contributed by atoms with Crippen LogP contribution in [-0.2, 0) is 9.84 Å². The molecule has 5 nitrogen and oxygen atoms in total. The predicted octanol–water partition coefficient (Wildman–Crippen LogP) is 1.27. The smallest absolute Gasteiger partial charge is 0.177 e. The molecule has 20 heavy (non-hydrogen) atoms. The summed E-state index contributed by atoms with van der Waals surface area (Å²) in [7, 11) is -2.89. The molecule has 106 valence electrons. The second-order valence-corrected chi connectivity index (χ2v) is 8.29. The van der Waals surface area contributed by atoms with Gasteiger partial charge in [0.05, 0.1) is 23.3 Å². The highest BCUT2D eigenvalue weighted by molar-refractivity contribution is 8.15. The van der Waals surface area contributed by atoms with Crippen molar-refractivity contribution in [3.8, 4) is 0 Å². The van der Waals surface area contributed by atoms with Gasteiger partial charge in [-0.2, -0.15) is 5.10 Å². The molecule has 1 aromatic carbocycles. The Labute approximate surface area is 122 Å². The van der Waals surface area contributed by atoms with E-state index in [0.29, 0.717) is 5.17 Å². The SMILES string of the molecule is C/C(=N\NC1=N[C@H]2CS(=O)(=O)C[C@H]2S1)c1ccccc1. The fraction of sp³-hybridized carbons (Fsp3) is 0.385. The molecular formula is C13H15N3O2S2. The highest BCUT2D eigenvalue weighted by atomic mass is 32.2. The van der Waals surface area contributed by atoms with Gasteiger partial charge in [-0.1, -0.05) is 42.1 Å². The van der Waals surface area contributed by atoms with E-state index in [1.165, 1.54) is 11.8 Å². The Morgan fingerprint density at radius 3 is 2.80 bits per heavy atom. The van der Waals surface area contributed by atoms with Crippen LogP contribution in [-0.4, -0.2) is 42.1 Å². The molecular weight excluding hydrogens is 294 g/mol. The van der Waals surface area contributed by atoms with Crippen molar-refractivity contribution >= 4 is 32.5 Å². The minimum atomic E-state index is -2.89. The molecule has 1 aromatic rings. The maximum absolute atomic E-state index is 11.5. The van der Waals surface area contributed by atoms with Gasteiger partial charge < -0.3 is 0 Å². The van der Waals surface area contributed by atoms with Gasteiger partial charge in [0.1, 0.15) is 0 Å². The second-order valence-electron chi connectivity index (χ2n) is 4.91. The van der Waals surface area contributed by atoms with Crippen molar-refractivity contribution in [2.75, 3.05) is 11.5 Å². The lowest BCUT2D eigenvalue weighted by molar-refractivity contribution is 0.601. The van der Waals surface area contributed by atoms with E-state index in [2.05, 4.69) is 15.5 Å². The first kappa shape index (κ1) is 13.6. The van der Waals surface area contributed by atoms with Crippen LogP contribution in [0.2, 0.25) is 0 Å². The minimum absolute atomic E-state index is 0.0507. The highest BCUT2D eigenvalue weighted by Crippen LogP contribution is 2.33. The lowest BCUT2D eigenvalue weighted by Gasteiger charge is -2.04. The minimum Gasteiger partial charge on any atom is -0.256 e. The summed E-state index contributed by atoms with van der Waals surface area (Å²) in [5.74, 6) is 0.385. The first-order valence-corrected chi connectivity index (χ1v) is 9.04. The molecule has 0 spiro atoms. The Bertz CT molecular complexity index is 668. The van der Waals surface area contributed by atoms with Crippen molar-refractivity contribution in [1.29, 1.82) is 0 Å². The zero-order valence-corrected chi connectivity index (χ0v) is 12.6. The van der Waals surface area contributed by atoms with Gasteiger partial charge in [-0.15, -0.1) is 0 Å². The van der Waals surface area contributed by atoms with E-state index in [9.17, 15) is 8.42 Å². The molecule has 7 heteroatoms. The van der Waals surface area contributed by atoms with Crippen molar-refractivity contribution in [2.24, 2.45) is 10.1 Å². The maximum Gasteiger partial charge on any atom is 0.177 e. The Hall–Kier alpha value is -1.34. The van der Waals surface area contributed by atoms with Crippen LogP contribution in [0.15, 0.2) is 40.4 Å². The topological polar surface area (TPSA) is 70.9 Å². The molecule has 2 aliphatic rings. The van der Waals surface area contributed by atoms with E-state index < -0.39 is 9.84 Å². The number of rotatable bonds is 2. The summed E-state index contributed by atoms with van der Waals surface area (Å²) in [5.41, 5.74) is 4.86. The van der Waals surface area contributed by atoms with Gasteiger partial charge in [0.2, 0.25) is 0 Å². The zero-order valence-electron chi connectivity index (χ0n) is 11.0. The third kappa shape index (κ3) is 2.88. The fourth-order valence-electron chi connectivity index (χ4n) is 2.29. The quantitative estimate of drug-likeness (QED) is 0.660. The standard InChI is InChI=1S/C13H15N3O2S2/c1-9(10-5-3-2-4-6-10)15-16-13-14-11-7-20(17,18)8-12(11)19-13/h2-6,11-12H,7-8H2,1H3,(H,14,16)/b15-9+/t11-,12+/m0/s1. The lowest BCUT2D eigenvalue weighted by atomic mass is 10.1. The van der Waals surface area contributed by atoms with Crippen LogP contribution in [0, 0.1) is 0 Å². The number of amidine groups is 1. The molecule has 1 saturated heterocycles. The molecule has 0 bridgehead atoms. The number of benzene rings is 1. The van der Waals surface area contributed by atoms with Crippen molar-refractivity contribution < 1.29 is 8.42 Å². The van der Waals surface area contributed by atoms with Gasteiger partial charge in [0.15, 0.2) is 15.0 Å². The normalized spacial score (nSPS) is 28.1. The molecule has 0 amide bonds. The number of hydrazone groups is 1. The van der Waals surface area contributed by atoms with Gasteiger partial charge in [-0.05, 0) is 12.5 Å². The Kier molecular flexibility index (Phi) is 3.55. The van der Waals surface area contributed by atoms with Crippen LogP contribution in [0.4, 0.5) is 0 Å². The van der Waals surface area contributed by atoms with Gasteiger partial charge >= 0.3 is 0 Å². The van der Waals surface area contributed by atoms with Crippen LogP contribution < -0.4 is 5.43 Å². The molecule has 1 N–H and O–H groups in total. The molecule has 3 rings (SSSR count). The Morgan fingerprint density at radius 1 is 1.35 bits per heavy atom. The first-order chi connectivity index (χ1) is 9.53. The largest absolute Gasteiger partial charge is 0.256 e. The van der Waals surface area contributed by atoms with Crippen molar-refractivity contribution in [3.63, 3.8) is 0 Å². The highest BCUT2D eigenvalue weighted by Gasteiger charge is 2.42. The summed E-state index contributed by atoms with van der Waals surface area (Å²) >= 11 is 1.47. The molecule has 0 aromatic heterocycles. The van der Waals surface area contributed by atoms with Gasteiger partial charge in [-0.25, -0.2) is 8.42 Å². The van der Waals surface area contributed by atoms with Gasteiger partial charge in [-0.3, -0.25) is 10.4 Å². The van der Waals surface area contributed by atoms with Gasteiger partial charge in [0.25, 0.3) is 0 Å². The lowest BCUT2D eigenvalue weighted by Crippen LogP contribution is -2.17. The van der Waals surface area contributed by atoms with E-state index in [1.807, 2.05) is 37.3 Å². The van der Waals surface area contributed by atoms with E-state index >= 15 is 0 Å². The van der Waals surface area contributed by atoms with Crippen molar-refractivity contribution in [1.82, 2.24) is 5.43 Å². The second kappa shape index (κ2) is 5.21. The summed E-state index contributed by atoms with van der Waals surface area (Å²) in [6.45, 7) is 1.92. The third-order valence-corrected chi connectivity index (χ3v) is 6.46. The first-order valence-electron chi connectivity index (χ1n) is 6.34. The predicted molar refractivity (Wildman–Crippen MR) is 83.0 cm³/mol. The molecule has 0 unspecified atom stereocenters. The molecule has 0 aliphatic carbocycles. The Balaban J connectivity index is 1.66. The average Bonchev–Trinajstić information content (AvgIpc) is 2.90.